The molecule has 1 aliphatic rings. The van der Waals surface area contributed by atoms with E-state index in [9.17, 15) is 4.79 Å². The van der Waals surface area contributed by atoms with Crippen molar-refractivity contribution in [1.82, 2.24) is 9.80 Å². The van der Waals surface area contributed by atoms with Crippen LogP contribution in [0, 0.1) is 0 Å². The lowest BCUT2D eigenvalue weighted by atomic mass is 10.1. The predicted molar refractivity (Wildman–Crippen MR) is 129 cm³/mol. The lowest BCUT2D eigenvalue weighted by Gasteiger charge is -2.36. The molecule has 0 radical (unpaired) electrons. The molecule has 1 fully saturated rings. The number of carbonyl (C=O) groups excluding carboxylic acids is 1. The minimum Gasteiger partial charge on any atom is -0.372 e. The summed E-state index contributed by atoms with van der Waals surface area (Å²) < 4.78 is 5.98. The maximum atomic E-state index is 12.3. The Kier molecular flexibility index (Phi) is 12.6. The average molecular weight is 474 g/mol. The van der Waals surface area contributed by atoms with E-state index in [1.807, 2.05) is 13.0 Å². The van der Waals surface area contributed by atoms with E-state index in [0.29, 0.717) is 18.1 Å². The van der Waals surface area contributed by atoms with Crippen LogP contribution in [0.2, 0.25) is 5.02 Å². The zero-order chi connectivity index (χ0) is 19.8. The van der Waals surface area contributed by atoms with E-state index in [2.05, 4.69) is 34.1 Å². The second kappa shape index (κ2) is 14.0. The number of nitrogens with zero attached hydrogens (tertiary/aromatic N) is 2. The third kappa shape index (κ3) is 8.18. The highest BCUT2D eigenvalue weighted by molar-refractivity contribution is 6.30. The number of halogens is 3. The molecular weight excluding hydrogens is 443 g/mol. The van der Waals surface area contributed by atoms with Crippen LogP contribution in [-0.4, -0.2) is 61.5 Å². The molecule has 0 bridgehead atoms. The molecule has 166 valence electrons. The Morgan fingerprint density at radius 2 is 1.57 bits per heavy atom. The van der Waals surface area contributed by atoms with Gasteiger partial charge in [0.25, 0.3) is 0 Å². The molecule has 2 aromatic carbocycles. The fraction of sp³-hybridized carbons (Fsp3) is 0.435. The van der Waals surface area contributed by atoms with Gasteiger partial charge in [0.15, 0.2) is 5.78 Å². The minimum atomic E-state index is 0. The highest BCUT2D eigenvalue weighted by Crippen LogP contribution is 2.19. The van der Waals surface area contributed by atoms with E-state index in [-0.39, 0.29) is 36.7 Å². The number of hydrogen-bond donors (Lipinski definition) is 0. The second-order valence-corrected chi connectivity index (χ2v) is 7.61. The minimum absolute atomic E-state index is 0. The number of piperazine rings is 1. The van der Waals surface area contributed by atoms with Gasteiger partial charge in [-0.3, -0.25) is 9.69 Å². The molecule has 30 heavy (non-hydrogen) atoms. The summed E-state index contributed by atoms with van der Waals surface area (Å²) in [6.45, 7) is 8.47. The van der Waals surface area contributed by atoms with Crippen molar-refractivity contribution < 1.29 is 9.53 Å². The van der Waals surface area contributed by atoms with Crippen LogP contribution in [0.5, 0.6) is 0 Å². The van der Waals surface area contributed by atoms with Crippen molar-refractivity contribution in [1.29, 1.82) is 0 Å². The van der Waals surface area contributed by atoms with Crippen LogP contribution in [0.4, 0.5) is 0 Å². The first-order valence-electron chi connectivity index (χ1n) is 10.1. The Balaban J connectivity index is 0.00000225. The number of hydrogen-bond acceptors (Lipinski definition) is 4. The van der Waals surface area contributed by atoms with E-state index in [0.717, 1.165) is 44.8 Å². The van der Waals surface area contributed by atoms with Gasteiger partial charge in [0.1, 0.15) is 0 Å². The van der Waals surface area contributed by atoms with Gasteiger partial charge in [0.2, 0.25) is 0 Å². The normalized spacial score (nSPS) is 15.7. The second-order valence-electron chi connectivity index (χ2n) is 7.18. The molecule has 0 saturated carbocycles. The molecule has 7 heteroatoms. The molecule has 0 spiro atoms. The van der Waals surface area contributed by atoms with Gasteiger partial charge in [0, 0.05) is 62.9 Å². The lowest BCUT2D eigenvalue weighted by Crippen LogP contribution is -2.48. The third-order valence-electron chi connectivity index (χ3n) is 5.25. The summed E-state index contributed by atoms with van der Waals surface area (Å²) in [6.07, 6.45) is 0.664. The van der Waals surface area contributed by atoms with Crippen LogP contribution in [0.15, 0.2) is 54.6 Å². The predicted octanol–water partition coefficient (Wildman–Crippen LogP) is 5.15. The van der Waals surface area contributed by atoms with Crippen LogP contribution in [0.1, 0.15) is 35.4 Å². The van der Waals surface area contributed by atoms with Crippen LogP contribution in [0.25, 0.3) is 0 Å². The molecule has 3 rings (SSSR count). The van der Waals surface area contributed by atoms with Crippen molar-refractivity contribution in [2.75, 3.05) is 45.9 Å². The first-order valence-corrected chi connectivity index (χ1v) is 10.4. The summed E-state index contributed by atoms with van der Waals surface area (Å²) in [5.41, 5.74) is 1.98. The average Bonchev–Trinajstić information content (AvgIpc) is 2.74. The van der Waals surface area contributed by atoms with Crippen LogP contribution >= 0.6 is 36.4 Å². The first-order chi connectivity index (χ1) is 13.7. The van der Waals surface area contributed by atoms with Crippen molar-refractivity contribution >= 4 is 42.2 Å². The number of Topliss-reactive ketones (excluding diaryl/α,β-unsaturated/α-hetero) is 1. The maximum Gasteiger partial charge on any atom is 0.164 e. The van der Waals surface area contributed by atoms with Crippen molar-refractivity contribution in [3.63, 3.8) is 0 Å². The largest absolute Gasteiger partial charge is 0.372 e. The van der Waals surface area contributed by atoms with Crippen LogP contribution < -0.4 is 0 Å². The Bertz CT molecular complexity index is 736. The van der Waals surface area contributed by atoms with Gasteiger partial charge >= 0.3 is 0 Å². The molecule has 0 amide bonds. The van der Waals surface area contributed by atoms with Gasteiger partial charge in [-0.1, -0.05) is 41.9 Å². The Morgan fingerprint density at radius 3 is 2.17 bits per heavy atom. The highest BCUT2D eigenvalue weighted by atomic mass is 35.5. The first kappa shape index (κ1) is 26.9. The van der Waals surface area contributed by atoms with Crippen molar-refractivity contribution in [2.45, 2.75) is 19.4 Å². The van der Waals surface area contributed by atoms with E-state index in [1.165, 1.54) is 5.56 Å². The highest BCUT2D eigenvalue weighted by Gasteiger charge is 2.21. The van der Waals surface area contributed by atoms with Crippen molar-refractivity contribution in [3.05, 3.63) is 70.7 Å². The Morgan fingerprint density at radius 1 is 0.967 bits per heavy atom. The Hall–Kier alpha value is -1.14. The summed E-state index contributed by atoms with van der Waals surface area (Å²) in [5.74, 6) is 0.180. The van der Waals surface area contributed by atoms with Gasteiger partial charge in [0.05, 0.1) is 6.10 Å². The summed E-state index contributed by atoms with van der Waals surface area (Å²) in [6, 6.07) is 17.6. The molecule has 0 aromatic heterocycles. The SMILES string of the molecule is CCOC(CN1CCN(CCC(=O)c2ccc(Cl)cc2)CC1)c1ccccc1.Cl.Cl. The Labute approximate surface area is 197 Å². The zero-order valence-corrected chi connectivity index (χ0v) is 19.7. The van der Waals surface area contributed by atoms with Gasteiger partial charge < -0.3 is 9.64 Å². The summed E-state index contributed by atoms with van der Waals surface area (Å²) in [5, 5.41) is 0.661. The maximum absolute atomic E-state index is 12.3. The van der Waals surface area contributed by atoms with Crippen LogP contribution in [-0.2, 0) is 4.74 Å². The fourth-order valence-electron chi connectivity index (χ4n) is 3.59. The fourth-order valence-corrected chi connectivity index (χ4v) is 3.72. The van der Waals surface area contributed by atoms with E-state index in [4.69, 9.17) is 16.3 Å². The zero-order valence-electron chi connectivity index (χ0n) is 17.3. The smallest absolute Gasteiger partial charge is 0.164 e. The van der Waals surface area contributed by atoms with Gasteiger partial charge in [-0.25, -0.2) is 0 Å². The van der Waals surface area contributed by atoms with E-state index < -0.39 is 0 Å². The monoisotopic (exact) mass is 472 g/mol. The summed E-state index contributed by atoms with van der Waals surface area (Å²) >= 11 is 5.89. The molecule has 2 aromatic rings. The molecule has 1 saturated heterocycles. The summed E-state index contributed by atoms with van der Waals surface area (Å²) in [4.78, 5) is 17.2. The van der Waals surface area contributed by atoms with E-state index in [1.54, 1.807) is 24.3 Å². The number of rotatable bonds is 9. The van der Waals surface area contributed by atoms with Gasteiger partial charge in [-0.2, -0.15) is 0 Å². The van der Waals surface area contributed by atoms with Crippen molar-refractivity contribution in [2.24, 2.45) is 0 Å². The standard InChI is InChI=1S/C23H29ClN2O2.2ClH/c1-2-28-23(20-6-4-3-5-7-20)18-26-16-14-25(15-17-26)13-12-22(27)19-8-10-21(24)11-9-19;;/h3-11,23H,2,12-18H2,1H3;2*1H. The lowest BCUT2D eigenvalue weighted by molar-refractivity contribution is 0.0183. The third-order valence-corrected chi connectivity index (χ3v) is 5.50. The molecule has 4 nitrogen and oxygen atoms in total. The topological polar surface area (TPSA) is 32.8 Å². The number of ether oxygens (including phenoxy) is 1. The van der Waals surface area contributed by atoms with Crippen LogP contribution in [0.3, 0.4) is 0 Å². The molecule has 0 aliphatic carbocycles. The van der Waals surface area contributed by atoms with Gasteiger partial charge in [-0.05, 0) is 36.8 Å². The summed E-state index contributed by atoms with van der Waals surface area (Å²) in [7, 11) is 0. The van der Waals surface area contributed by atoms with Gasteiger partial charge in [-0.15, -0.1) is 24.8 Å². The number of benzene rings is 2. The molecule has 1 aliphatic heterocycles. The molecule has 0 N–H and O–H groups in total. The number of ketones is 1. The molecule has 1 heterocycles. The van der Waals surface area contributed by atoms with E-state index >= 15 is 0 Å². The molecular formula is C23H31Cl3N2O2. The van der Waals surface area contributed by atoms with Crippen molar-refractivity contribution in [3.8, 4) is 0 Å². The molecule has 1 unspecified atom stereocenters. The number of carbonyl (C=O) groups is 1. The quantitative estimate of drug-likeness (QED) is 0.471. The molecule has 1 atom stereocenters.